The van der Waals surface area contributed by atoms with Gasteiger partial charge in [0.05, 0.1) is 13.2 Å². The van der Waals surface area contributed by atoms with Gasteiger partial charge in [-0.3, -0.25) is 9.13 Å². The first-order valence-electron chi connectivity index (χ1n) is 4.80. The highest BCUT2D eigenvalue weighted by Gasteiger charge is 2.07. The highest BCUT2D eigenvalue weighted by molar-refractivity contribution is 7.47. The standard InChI is InChI=1S/C7H16O5P2/c8-13-10-6-4-2-1-3-5-7-11-14(9)12-13/h13-14H,1-7H2. The Bertz CT molecular complexity index is 188. The highest BCUT2D eigenvalue weighted by atomic mass is 31.2. The van der Waals surface area contributed by atoms with Crippen LogP contribution in [0, 0.1) is 0 Å². The Kier molecular flexibility index (Phi) is 6.74. The predicted molar refractivity (Wildman–Crippen MR) is 54.1 cm³/mol. The van der Waals surface area contributed by atoms with Crippen molar-refractivity contribution < 1.29 is 22.5 Å². The molecule has 0 aromatic rings. The van der Waals surface area contributed by atoms with E-state index in [1.165, 1.54) is 0 Å². The summed E-state index contributed by atoms with van der Waals surface area (Å²) in [6.07, 6.45) is 4.98. The fourth-order valence-electron chi connectivity index (χ4n) is 1.17. The molecule has 7 heteroatoms. The SMILES string of the molecule is O=[PH]1OCCCCCCCO[PH](=O)O1. The van der Waals surface area contributed by atoms with Crippen LogP contribution in [0.2, 0.25) is 0 Å². The lowest BCUT2D eigenvalue weighted by Crippen LogP contribution is -1.92. The van der Waals surface area contributed by atoms with E-state index in [2.05, 4.69) is 4.31 Å². The molecule has 0 aromatic carbocycles. The van der Waals surface area contributed by atoms with Crippen LogP contribution in [0.3, 0.4) is 0 Å². The van der Waals surface area contributed by atoms with Crippen molar-refractivity contribution >= 4 is 16.5 Å². The molecule has 1 saturated heterocycles. The molecule has 5 nitrogen and oxygen atoms in total. The van der Waals surface area contributed by atoms with Gasteiger partial charge in [0.15, 0.2) is 0 Å². The van der Waals surface area contributed by atoms with Crippen LogP contribution in [0.25, 0.3) is 0 Å². The van der Waals surface area contributed by atoms with Crippen LogP contribution < -0.4 is 0 Å². The molecule has 84 valence electrons. The second kappa shape index (κ2) is 7.61. The summed E-state index contributed by atoms with van der Waals surface area (Å²) in [5.74, 6) is 0. The van der Waals surface area contributed by atoms with Crippen molar-refractivity contribution in [3.05, 3.63) is 0 Å². The minimum absolute atomic E-state index is 0.410. The van der Waals surface area contributed by atoms with Gasteiger partial charge in [-0.1, -0.05) is 19.3 Å². The van der Waals surface area contributed by atoms with Crippen molar-refractivity contribution in [3.8, 4) is 0 Å². The van der Waals surface area contributed by atoms with Gasteiger partial charge in [0.25, 0.3) is 0 Å². The van der Waals surface area contributed by atoms with Gasteiger partial charge in [0.1, 0.15) is 0 Å². The summed E-state index contributed by atoms with van der Waals surface area (Å²) in [6, 6.07) is 0. The Morgan fingerprint density at radius 2 is 1.14 bits per heavy atom. The maximum Gasteiger partial charge on any atom is 0.326 e. The van der Waals surface area contributed by atoms with Gasteiger partial charge < -0.3 is 9.05 Å². The smallest absolute Gasteiger partial charge is 0.310 e. The minimum Gasteiger partial charge on any atom is -0.310 e. The molecule has 1 fully saturated rings. The van der Waals surface area contributed by atoms with Crippen molar-refractivity contribution in [1.29, 1.82) is 0 Å². The van der Waals surface area contributed by atoms with Crippen LogP contribution in [0.4, 0.5) is 0 Å². The van der Waals surface area contributed by atoms with E-state index < -0.39 is 16.5 Å². The molecule has 1 heterocycles. The van der Waals surface area contributed by atoms with Crippen LogP contribution in [-0.4, -0.2) is 13.2 Å². The lowest BCUT2D eigenvalue weighted by atomic mass is 10.2. The zero-order chi connectivity index (χ0) is 10.2. The van der Waals surface area contributed by atoms with Gasteiger partial charge in [0.2, 0.25) is 0 Å². The van der Waals surface area contributed by atoms with E-state index in [1.54, 1.807) is 0 Å². The Morgan fingerprint density at radius 3 is 1.64 bits per heavy atom. The Balaban J connectivity index is 2.30. The van der Waals surface area contributed by atoms with Gasteiger partial charge in [0, 0.05) is 0 Å². The number of hydrogen-bond donors (Lipinski definition) is 0. The zero-order valence-corrected chi connectivity index (χ0v) is 9.99. The highest BCUT2D eigenvalue weighted by Crippen LogP contribution is 2.40. The summed E-state index contributed by atoms with van der Waals surface area (Å²) in [5.41, 5.74) is 0. The van der Waals surface area contributed by atoms with E-state index in [1.807, 2.05) is 0 Å². The van der Waals surface area contributed by atoms with Gasteiger partial charge in [-0.05, 0) is 12.8 Å². The molecule has 0 radical (unpaired) electrons. The van der Waals surface area contributed by atoms with Gasteiger partial charge >= 0.3 is 16.5 Å². The van der Waals surface area contributed by atoms with Gasteiger partial charge in [-0.15, -0.1) is 0 Å². The second-order valence-corrected chi connectivity index (χ2v) is 5.46. The van der Waals surface area contributed by atoms with Gasteiger partial charge in [-0.2, -0.15) is 0 Å². The predicted octanol–water partition coefficient (Wildman–Crippen LogP) is 2.78. The van der Waals surface area contributed by atoms with Crippen molar-refractivity contribution in [1.82, 2.24) is 0 Å². The molecule has 2 unspecified atom stereocenters. The molecule has 1 aliphatic rings. The van der Waals surface area contributed by atoms with Crippen molar-refractivity contribution in [2.24, 2.45) is 0 Å². The van der Waals surface area contributed by atoms with Crippen molar-refractivity contribution in [2.45, 2.75) is 32.1 Å². The molecular weight excluding hydrogens is 226 g/mol. The van der Waals surface area contributed by atoms with E-state index in [0.717, 1.165) is 32.1 Å². The molecule has 0 bridgehead atoms. The average Bonchev–Trinajstić information content (AvgIpc) is 2.13. The van der Waals surface area contributed by atoms with Crippen LogP contribution >= 0.6 is 16.5 Å². The summed E-state index contributed by atoms with van der Waals surface area (Å²) in [4.78, 5) is 0. The molecule has 1 aliphatic heterocycles. The maximum absolute atomic E-state index is 11.0. The summed E-state index contributed by atoms with van der Waals surface area (Å²) < 4.78 is 36.3. The monoisotopic (exact) mass is 242 g/mol. The van der Waals surface area contributed by atoms with Crippen LogP contribution in [0.15, 0.2) is 0 Å². The summed E-state index contributed by atoms with van der Waals surface area (Å²) >= 11 is 0. The third-order valence-electron chi connectivity index (χ3n) is 1.90. The largest absolute Gasteiger partial charge is 0.326 e. The molecular formula is C7H16O5P2. The van der Waals surface area contributed by atoms with Gasteiger partial charge in [-0.25, -0.2) is 4.31 Å². The summed E-state index contributed by atoms with van der Waals surface area (Å²) in [5, 5.41) is 0. The number of rotatable bonds is 0. The van der Waals surface area contributed by atoms with E-state index in [0.29, 0.717) is 13.2 Å². The van der Waals surface area contributed by atoms with E-state index in [4.69, 9.17) is 9.05 Å². The van der Waals surface area contributed by atoms with Crippen LogP contribution in [0.1, 0.15) is 32.1 Å². The Hall–Kier alpha value is 0.340. The maximum atomic E-state index is 11.0. The van der Waals surface area contributed by atoms with E-state index in [-0.39, 0.29) is 0 Å². The Morgan fingerprint density at radius 1 is 0.714 bits per heavy atom. The lowest BCUT2D eigenvalue weighted by Gasteiger charge is -2.08. The number of hydrogen-bond acceptors (Lipinski definition) is 5. The molecule has 2 atom stereocenters. The van der Waals surface area contributed by atoms with E-state index >= 15 is 0 Å². The second-order valence-electron chi connectivity index (χ2n) is 3.07. The first-order valence-corrected chi connectivity index (χ1v) is 7.25. The van der Waals surface area contributed by atoms with Crippen molar-refractivity contribution in [3.63, 3.8) is 0 Å². The minimum atomic E-state index is -2.61. The summed E-state index contributed by atoms with van der Waals surface area (Å²) in [6.45, 7) is 0.819. The topological polar surface area (TPSA) is 61.8 Å². The van der Waals surface area contributed by atoms with E-state index in [9.17, 15) is 9.13 Å². The normalized spacial score (nSPS) is 32.9. The molecule has 14 heavy (non-hydrogen) atoms. The molecule has 0 aliphatic carbocycles. The fourth-order valence-corrected chi connectivity index (χ4v) is 2.81. The molecule has 0 spiro atoms. The molecule has 0 saturated carbocycles. The molecule has 0 N–H and O–H groups in total. The third kappa shape index (κ3) is 5.94. The molecule has 1 rings (SSSR count). The molecule has 0 amide bonds. The lowest BCUT2D eigenvalue weighted by molar-refractivity contribution is 0.240. The fraction of sp³-hybridized carbons (Fsp3) is 1.00. The first kappa shape index (κ1) is 12.4. The zero-order valence-electron chi connectivity index (χ0n) is 7.99. The Labute approximate surface area is 85.0 Å². The quantitative estimate of drug-likeness (QED) is 0.611. The van der Waals surface area contributed by atoms with Crippen LogP contribution in [-0.2, 0) is 22.5 Å². The van der Waals surface area contributed by atoms with Crippen molar-refractivity contribution in [2.75, 3.05) is 13.2 Å². The summed E-state index contributed by atoms with van der Waals surface area (Å²) in [7, 11) is -5.22. The first-order chi connectivity index (χ1) is 6.79. The molecule has 0 aromatic heterocycles. The average molecular weight is 242 g/mol. The van der Waals surface area contributed by atoms with Crippen LogP contribution in [0.5, 0.6) is 0 Å². The third-order valence-corrected chi connectivity index (χ3v) is 4.11.